The second-order valence-electron chi connectivity index (χ2n) is 5.11. The first kappa shape index (κ1) is 14.6. The molecule has 0 radical (unpaired) electrons. The van der Waals surface area contributed by atoms with E-state index in [1.165, 1.54) is 27.8 Å². The lowest BCUT2D eigenvalue weighted by Gasteiger charge is -2.17. The summed E-state index contributed by atoms with van der Waals surface area (Å²) in [6.07, 6.45) is 0.950. The number of halogens is 2. The molecule has 0 amide bonds. The molecule has 0 aliphatic carbocycles. The molecule has 2 heteroatoms. The summed E-state index contributed by atoms with van der Waals surface area (Å²) in [5, 5.41) is 0.801. The molecule has 1 unspecified atom stereocenters. The third kappa shape index (κ3) is 3.61. The molecule has 0 saturated carbocycles. The zero-order chi connectivity index (χ0) is 14.0. The van der Waals surface area contributed by atoms with Gasteiger partial charge in [0.1, 0.15) is 0 Å². The average molecular weight is 338 g/mol. The SMILES string of the molecule is Cc1cc(C)c(C(Br)Cc2cccc(Cl)c2)c(C)c1. The fraction of sp³-hybridized carbons (Fsp3) is 0.294. The van der Waals surface area contributed by atoms with Gasteiger partial charge in [0, 0.05) is 9.85 Å². The minimum atomic E-state index is 0.326. The maximum absolute atomic E-state index is 6.04. The number of hydrogen-bond donors (Lipinski definition) is 0. The number of benzene rings is 2. The largest absolute Gasteiger partial charge is 0.0843 e. The first-order chi connectivity index (χ1) is 8.97. The zero-order valence-electron chi connectivity index (χ0n) is 11.5. The van der Waals surface area contributed by atoms with Gasteiger partial charge in [-0.15, -0.1) is 0 Å². The Kier molecular flexibility index (Phi) is 4.70. The summed E-state index contributed by atoms with van der Waals surface area (Å²) < 4.78 is 0. The molecule has 0 aliphatic rings. The molecule has 2 aromatic rings. The van der Waals surface area contributed by atoms with Crippen molar-refractivity contribution in [3.05, 3.63) is 69.2 Å². The molecule has 0 aliphatic heterocycles. The molecule has 0 fully saturated rings. The van der Waals surface area contributed by atoms with Crippen LogP contribution >= 0.6 is 27.5 Å². The van der Waals surface area contributed by atoms with E-state index in [2.05, 4.69) is 54.9 Å². The van der Waals surface area contributed by atoms with Crippen LogP contribution in [0.15, 0.2) is 36.4 Å². The fourth-order valence-electron chi connectivity index (χ4n) is 2.66. The molecular weight excluding hydrogens is 320 g/mol. The maximum atomic E-state index is 6.04. The van der Waals surface area contributed by atoms with Crippen LogP contribution in [0.25, 0.3) is 0 Å². The van der Waals surface area contributed by atoms with Gasteiger partial charge in [0.25, 0.3) is 0 Å². The highest BCUT2D eigenvalue weighted by Crippen LogP contribution is 2.33. The van der Waals surface area contributed by atoms with Crippen LogP contribution < -0.4 is 0 Å². The Morgan fingerprint density at radius 2 is 1.68 bits per heavy atom. The van der Waals surface area contributed by atoms with Gasteiger partial charge in [-0.2, -0.15) is 0 Å². The topological polar surface area (TPSA) is 0 Å². The van der Waals surface area contributed by atoms with Crippen LogP contribution in [0.3, 0.4) is 0 Å². The van der Waals surface area contributed by atoms with E-state index >= 15 is 0 Å². The Hall–Kier alpha value is -0.790. The first-order valence-corrected chi connectivity index (χ1v) is 7.73. The molecule has 0 spiro atoms. The standard InChI is InChI=1S/C17H18BrCl/c1-11-7-12(2)17(13(3)8-11)16(18)10-14-5-4-6-15(19)9-14/h4-9,16H,10H2,1-3H3. The average Bonchev–Trinajstić information content (AvgIpc) is 2.27. The molecule has 0 nitrogen and oxygen atoms in total. The highest BCUT2D eigenvalue weighted by atomic mass is 79.9. The zero-order valence-corrected chi connectivity index (χ0v) is 13.8. The van der Waals surface area contributed by atoms with Crippen molar-refractivity contribution in [3.63, 3.8) is 0 Å². The monoisotopic (exact) mass is 336 g/mol. The third-order valence-electron chi connectivity index (χ3n) is 3.36. The van der Waals surface area contributed by atoms with Crippen molar-refractivity contribution in [2.75, 3.05) is 0 Å². The smallest absolute Gasteiger partial charge is 0.0440 e. The van der Waals surface area contributed by atoms with Gasteiger partial charge in [-0.1, -0.05) is 57.4 Å². The molecule has 0 saturated heterocycles. The lowest BCUT2D eigenvalue weighted by molar-refractivity contribution is 0.925. The minimum Gasteiger partial charge on any atom is -0.0843 e. The van der Waals surface area contributed by atoms with Crippen LogP contribution in [-0.4, -0.2) is 0 Å². The quantitative estimate of drug-likeness (QED) is 0.608. The van der Waals surface area contributed by atoms with Crippen molar-refractivity contribution in [2.45, 2.75) is 32.0 Å². The molecule has 2 aromatic carbocycles. The predicted octanol–water partition coefficient (Wildman–Crippen LogP) is 5.94. The second kappa shape index (κ2) is 6.11. The molecule has 0 bridgehead atoms. The van der Waals surface area contributed by atoms with E-state index in [4.69, 9.17) is 11.6 Å². The summed E-state index contributed by atoms with van der Waals surface area (Å²) in [5.41, 5.74) is 6.67. The second-order valence-corrected chi connectivity index (χ2v) is 6.66. The van der Waals surface area contributed by atoms with Crippen molar-refractivity contribution >= 4 is 27.5 Å². The number of aryl methyl sites for hydroxylation is 3. The van der Waals surface area contributed by atoms with E-state index in [0.29, 0.717) is 4.83 Å². The normalized spacial score (nSPS) is 12.5. The first-order valence-electron chi connectivity index (χ1n) is 6.43. The Labute approximate surface area is 128 Å². The highest BCUT2D eigenvalue weighted by Gasteiger charge is 2.14. The lowest BCUT2D eigenvalue weighted by Crippen LogP contribution is -2.01. The molecular formula is C17H18BrCl. The van der Waals surface area contributed by atoms with Crippen LogP contribution in [0.5, 0.6) is 0 Å². The lowest BCUT2D eigenvalue weighted by atomic mass is 9.94. The van der Waals surface area contributed by atoms with Crippen LogP contribution in [-0.2, 0) is 6.42 Å². The van der Waals surface area contributed by atoms with E-state index in [9.17, 15) is 0 Å². The summed E-state index contributed by atoms with van der Waals surface area (Å²) in [7, 11) is 0. The van der Waals surface area contributed by atoms with E-state index in [0.717, 1.165) is 11.4 Å². The van der Waals surface area contributed by atoms with Crippen LogP contribution in [0.1, 0.15) is 32.6 Å². The number of hydrogen-bond acceptors (Lipinski definition) is 0. The van der Waals surface area contributed by atoms with E-state index in [-0.39, 0.29) is 0 Å². The van der Waals surface area contributed by atoms with Crippen LogP contribution in [0, 0.1) is 20.8 Å². The number of rotatable bonds is 3. The Morgan fingerprint density at radius 3 is 2.26 bits per heavy atom. The van der Waals surface area contributed by atoms with Crippen LogP contribution in [0.2, 0.25) is 5.02 Å². The maximum Gasteiger partial charge on any atom is 0.0440 e. The van der Waals surface area contributed by atoms with E-state index in [1.807, 2.05) is 18.2 Å². The summed E-state index contributed by atoms with van der Waals surface area (Å²) in [6, 6.07) is 12.6. The third-order valence-corrected chi connectivity index (χ3v) is 4.37. The van der Waals surface area contributed by atoms with Crippen molar-refractivity contribution in [1.82, 2.24) is 0 Å². The van der Waals surface area contributed by atoms with E-state index < -0.39 is 0 Å². The molecule has 2 rings (SSSR count). The van der Waals surface area contributed by atoms with E-state index in [1.54, 1.807) is 0 Å². The van der Waals surface area contributed by atoms with Gasteiger partial charge in [-0.25, -0.2) is 0 Å². The van der Waals surface area contributed by atoms with Crippen molar-refractivity contribution < 1.29 is 0 Å². The van der Waals surface area contributed by atoms with Gasteiger partial charge in [-0.3, -0.25) is 0 Å². The van der Waals surface area contributed by atoms with Gasteiger partial charge >= 0.3 is 0 Å². The van der Waals surface area contributed by atoms with Crippen molar-refractivity contribution in [1.29, 1.82) is 0 Å². The number of alkyl halides is 1. The molecule has 1 atom stereocenters. The summed E-state index contributed by atoms with van der Waals surface area (Å²) in [4.78, 5) is 0.326. The van der Waals surface area contributed by atoms with Gasteiger partial charge < -0.3 is 0 Å². The fourth-order valence-corrected chi connectivity index (χ4v) is 3.97. The Balaban J connectivity index is 2.28. The summed E-state index contributed by atoms with van der Waals surface area (Å²) in [5.74, 6) is 0. The van der Waals surface area contributed by atoms with Gasteiger partial charge in [-0.05, 0) is 61.6 Å². The Bertz CT molecular complexity index is 567. The molecule has 0 N–H and O–H groups in total. The molecule has 100 valence electrons. The van der Waals surface area contributed by atoms with Crippen molar-refractivity contribution in [2.24, 2.45) is 0 Å². The summed E-state index contributed by atoms with van der Waals surface area (Å²) in [6.45, 7) is 6.51. The van der Waals surface area contributed by atoms with Gasteiger partial charge in [0.05, 0.1) is 0 Å². The molecule has 0 aromatic heterocycles. The van der Waals surface area contributed by atoms with Crippen molar-refractivity contribution in [3.8, 4) is 0 Å². The van der Waals surface area contributed by atoms with Crippen LogP contribution in [0.4, 0.5) is 0 Å². The molecule has 19 heavy (non-hydrogen) atoms. The molecule has 0 heterocycles. The predicted molar refractivity (Wildman–Crippen MR) is 87.5 cm³/mol. The minimum absolute atomic E-state index is 0.326. The summed E-state index contributed by atoms with van der Waals surface area (Å²) >= 11 is 9.87. The highest BCUT2D eigenvalue weighted by molar-refractivity contribution is 9.09. The van der Waals surface area contributed by atoms with Gasteiger partial charge in [0.15, 0.2) is 0 Å². The Morgan fingerprint density at radius 1 is 1.05 bits per heavy atom. The van der Waals surface area contributed by atoms with Gasteiger partial charge in [0.2, 0.25) is 0 Å².